The Balaban J connectivity index is 1.38. The number of aromatic nitrogens is 2. The van der Waals surface area contributed by atoms with Crippen molar-refractivity contribution in [1.29, 1.82) is 0 Å². The Labute approximate surface area is 223 Å². The van der Waals surface area contributed by atoms with E-state index in [2.05, 4.69) is 4.90 Å². The van der Waals surface area contributed by atoms with Crippen LogP contribution in [0.1, 0.15) is 47.8 Å². The second kappa shape index (κ2) is 10.2. The number of amides is 2. The van der Waals surface area contributed by atoms with Crippen LogP contribution in [-0.2, 0) is 10.5 Å². The summed E-state index contributed by atoms with van der Waals surface area (Å²) in [6, 6.07) is 7.46. The zero-order valence-electron chi connectivity index (χ0n) is 21.4. The molecule has 4 aliphatic heterocycles. The van der Waals surface area contributed by atoms with Crippen molar-refractivity contribution in [2.45, 2.75) is 48.4 Å². The van der Waals surface area contributed by atoms with E-state index in [-0.39, 0.29) is 23.7 Å². The van der Waals surface area contributed by atoms with Crippen LogP contribution in [0.5, 0.6) is 0 Å². The molecule has 0 bridgehead atoms. The first-order valence-corrected chi connectivity index (χ1v) is 15.1. The fraction of sp³-hybridized carbons (Fsp3) is 0.577. The lowest BCUT2D eigenvalue weighted by Crippen LogP contribution is -2.52. The Kier molecular flexibility index (Phi) is 6.85. The van der Waals surface area contributed by atoms with E-state index in [0.29, 0.717) is 67.7 Å². The van der Waals surface area contributed by atoms with Crippen LogP contribution in [0.15, 0.2) is 29.2 Å². The average Bonchev–Trinajstić information content (AvgIpc) is 3.32. The lowest BCUT2D eigenvalue weighted by atomic mass is 9.98. The van der Waals surface area contributed by atoms with E-state index in [9.17, 15) is 23.8 Å². The summed E-state index contributed by atoms with van der Waals surface area (Å²) in [7, 11) is -3.12. The maximum Gasteiger partial charge on any atom is 0.407 e. The lowest BCUT2D eigenvalue weighted by Gasteiger charge is -2.43. The minimum Gasteiger partial charge on any atom is -0.465 e. The molecule has 2 aromatic rings. The van der Waals surface area contributed by atoms with Gasteiger partial charge in [0.1, 0.15) is 0 Å². The number of benzene rings is 1. The number of nitrogens with zero attached hydrogens (tertiary/aromatic N) is 5. The molecule has 1 aromatic carbocycles. The van der Waals surface area contributed by atoms with E-state index in [1.807, 2.05) is 16.8 Å². The highest BCUT2D eigenvalue weighted by atomic mass is 32.3. The zero-order chi connectivity index (χ0) is 26.4. The van der Waals surface area contributed by atoms with E-state index < -0.39 is 16.7 Å². The van der Waals surface area contributed by atoms with E-state index in [0.717, 1.165) is 37.9 Å². The summed E-state index contributed by atoms with van der Waals surface area (Å²) in [4.78, 5) is 31.4. The number of rotatable bonds is 3. The minimum atomic E-state index is -3.12. The Morgan fingerprint density at radius 2 is 1.68 bits per heavy atom. The molecular weight excluding hydrogens is 510 g/mol. The zero-order valence-corrected chi connectivity index (χ0v) is 22.2. The summed E-state index contributed by atoms with van der Waals surface area (Å²) in [5.74, 6) is -0.230. The third-order valence-corrected chi connectivity index (χ3v) is 10.1. The van der Waals surface area contributed by atoms with Gasteiger partial charge in [-0.2, -0.15) is 15.7 Å². The summed E-state index contributed by atoms with van der Waals surface area (Å²) < 4.78 is 29.6. The molecule has 206 valence electrons. The van der Waals surface area contributed by atoms with E-state index in [4.69, 9.17) is 9.84 Å². The van der Waals surface area contributed by atoms with E-state index >= 15 is 0 Å². The van der Waals surface area contributed by atoms with Crippen LogP contribution in [0, 0.1) is 0 Å². The van der Waals surface area contributed by atoms with Crippen molar-refractivity contribution in [3.8, 4) is 11.3 Å². The number of fused-ring (bicyclic) bond motifs is 3. The molecule has 38 heavy (non-hydrogen) atoms. The van der Waals surface area contributed by atoms with Crippen LogP contribution in [0.4, 0.5) is 4.79 Å². The van der Waals surface area contributed by atoms with Crippen molar-refractivity contribution < 1.29 is 28.5 Å². The minimum absolute atomic E-state index is 0.0168. The summed E-state index contributed by atoms with van der Waals surface area (Å²) in [5, 5.41) is 14.4. The second-order valence-corrected chi connectivity index (χ2v) is 12.7. The smallest absolute Gasteiger partial charge is 0.407 e. The first kappa shape index (κ1) is 25.6. The van der Waals surface area contributed by atoms with E-state index in [1.165, 1.54) is 4.90 Å². The van der Waals surface area contributed by atoms with Gasteiger partial charge in [0.05, 0.1) is 35.6 Å². The summed E-state index contributed by atoms with van der Waals surface area (Å²) in [6.07, 6.45) is 2.75. The molecule has 3 N–H and O–H groups in total. The fourth-order valence-corrected chi connectivity index (χ4v) is 8.06. The Morgan fingerprint density at radius 3 is 2.47 bits per heavy atom. The third-order valence-electron chi connectivity index (χ3n) is 8.31. The van der Waals surface area contributed by atoms with Gasteiger partial charge in [-0.3, -0.25) is 23.5 Å². The molecule has 2 amide bonds. The molecule has 2 unspecified atom stereocenters. The highest BCUT2D eigenvalue weighted by Crippen LogP contribution is 2.60. The van der Waals surface area contributed by atoms with Gasteiger partial charge in [0.25, 0.3) is 5.91 Å². The first-order valence-electron chi connectivity index (χ1n) is 13.4. The highest BCUT2D eigenvalue weighted by molar-refractivity contribution is 8.23. The lowest BCUT2D eigenvalue weighted by molar-refractivity contribution is 0.0297. The number of piperidine rings is 2. The maximum atomic E-state index is 13.7. The number of likely N-dealkylation sites (tertiary alicyclic amines) is 2. The predicted octanol–water partition coefficient (Wildman–Crippen LogP) is 3.42. The normalized spacial score (nSPS) is 26.4. The molecule has 2 atom stereocenters. The molecule has 11 nitrogen and oxygen atoms in total. The Bertz CT molecular complexity index is 1230. The maximum absolute atomic E-state index is 13.7. The van der Waals surface area contributed by atoms with Gasteiger partial charge in [-0.05, 0) is 38.3 Å². The van der Waals surface area contributed by atoms with Gasteiger partial charge in [0.15, 0.2) is 5.69 Å². The number of hydrogen-bond acceptors (Lipinski definition) is 7. The van der Waals surface area contributed by atoms with Crippen molar-refractivity contribution in [2.24, 2.45) is 0 Å². The average molecular weight is 546 g/mol. The number of carboxylic acid groups (broad SMARTS) is 1. The third kappa shape index (κ3) is 4.58. The van der Waals surface area contributed by atoms with Crippen LogP contribution in [-0.4, -0.2) is 109 Å². The van der Waals surface area contributed by atoms with Crippen molar-refractivity contribution in [3.63, 3.8) is 0 Å². The van der Waals surface area contributed by atoms with Crippen LogP contribution < -0.4 is 0 Å². The van der Waals surface area contributed by atoms with Gasteiger partial charge >= 0.3 is 6.09 Å². The molecule has 0 aliphatic carbocycles. The van der Waals surface area contributed by atoms with Crippen molar-refractivity contribution in [3.05, 3.63) is 35.5 Å². The molecule has 1 aromatic heterocycles. The van der Waals surface area contributed by atoms with Crippen LogP contribution in [0.25, 0.3) is 11.3 Å². The van der Waals surface area contributed by atoms with Crippen molar-refractivity contribution in [1.82, 2.24) is 24.5 Å². The molecule has 0 saturated carbocycles. The molecule has 0 radical (unpaired) electrons. The van der Waals surface area contributed by atoms with Crippen LogP contribution in [0.2, 0.25) is 0 Å². The van der Waals surface area contributed by atoms with Gasteiger partial charge in [0.2, 0.25) is 0 Å². The molecule has 5 heterocycles. The first-order chi connectivity index (χ1) is 18.3. The van der Waals surface area contributed by atoms with Gasteiger partial charge in [-0.1, -0.05) is 18.2 Å². The van der Waals surface area contributed by atoms with Crippen molar-refractivity contribution in [2.75, 3.05) is 52.5 Å². The SMILES string of the molecule is O=C(O)N1CCCC(N2CCCC(n3nc(C(=O)N4CCOCC4)c4c3-c3ccccc3S(O)(O)C4)C2)C1. The topological polar surface area (TPSA) is 132 Å². The van der Waals surface area contributed by atoms with Crippen LogP contribution >= 0.6 is 10.6 Å². The fourth-order valence-electron chi connectivity index (χ4n) is 6.41. The van der Waals surface area contributed by atoms with Gasteiger partial charge in [-0.15, -0.1) is 0 Å². The predicted molar refractivity (Wildman–Crippen MR) is 142 cm³/mol. The molecule has 4 aliphatic rings. The van der Waals surface area contributed by atoms with Gasteiger partial charge in [0, 0.05) is 49.9 Å². The van der Waals surface area contributed by atoms with Gasteiger partial charge in [-0.25, -0.2) is 4.79 Å². The quantitative estimate of drug-likeness (QED) is 0.535. The Morgan fingerprint density at radius 1 is 0.947 bits per heavy atom. The summed E-state index contributed by atoms with van der Waals surface area (Å²) in [5.41, 5.74) is 2.41. The molecular formula is C26H35N5O6S. The summed E-state index contributed by atoms with van der Waals surface area (Å²) >= 11 is 0. The van der Waals surface area contributed by atoms with Gasteiger partial charge < -0.3 is 19.6 Å². The number of morpholine rings is 1. The monoisotopic (exact) mass is 545 g/mol. The highest BCUT2D eigenvalue weighted by Gasteiger charge is 2.40. The number of hydrogen-bond donors (Lipinski definition) is 3. The largest absolute Gasteiger partial charge is 0.465 e. The molecule has 12 heteroatoms. The molecule has 0 spiro atoms. The number of ether oxygens (including phenoxy) is 1. The molecule has 6 rings (SSSR count). The second-order valence-electron chi connectivity index (χ2n) is 10.6. The Hall–Kier alpha value is -2.64. The summed E-state index contributed by atoms with van der Waals surface area (Å²) in [6.45, 7) is 4.58. The van der Waals surface area contributed by atoms with Crippen molar-refractivity contribution >= 4 is 22.6 Å². The standard InChI is InChI=1S/C26H35N5O6S/c32-25(28-11-13-37-14-12-28)23-21-17-38(35,36)22-8-2-1-7-20(22)24(21)31(27-23)19-6-4-9-29(16-19)18-5-3-10-30(15-18)26(33)34/h1-2,7-8,18-19,35-36H,3-6,9-17H2,(H,33,34). The van der Waals surface area contributed by atoms with E-state index in [1.54, 1.807) is 17.0 Å². The van der Waals surface area contributed by atoms with Crippen LogP contribution in [0.3, 0.4) is 0 Å². The molecule has 3 fully saturated rings. The number of carbonyl (C=O) groups excluding carboxylic acids is 1. The number of carbonyl (C=O) groups is 2. The molecule has 3 saturated heterocycles.